The first-order chi connectivity index (χ1) is 12.1. The molecule has 0 aliphatic heterocycles. The van der Waals surface area contributed by atoms with E-state index in [4.69, 9.17) is 4.79 Å². The van der Waals surface area contributed by atoms with Gasteiger partial charge in [-0.2, -0.15) is 5.10 Å². The van der Waals surface area contributed by atoms with Crippen molar-refractivity contribution in [1.29, 1.82) is 0 Å². The van der Waals surface area contributed by atoms with Gasteiger partial charge in [-0.15, -0.1) is 0 Å². The maximum absolute atomic E-state index is 12.2. The summed E-state index contributed by atoms with van der Waals surface area (Å²) in [4.78, 5) is 32.3. The molecule has 1 unspecified atom stereocenters. The molecule has 1 heterocycles. The number of carbonyl (C=O) groups excluding carboxylic acids is 3. The van der Waals surface area contributed by atoms with Gasteiger partial charge in [-0.25, -0.2) is 0 Å². The zero-order valence-electron chi connectivity index (χ0n) is 15.0. The van der Waals surface area contributed by atoms with Gasteiger partial charge in [0.1, 0.15) is 0 Å². The molecule has 1 aliphatic carbocycles. The summed E-state index contributed by atoms with van der Waals surface area (Å²) in [6, 6.07) is 2.42. The van der Waals surface area contributed by atoms with E-state index < -0.39 is 0 Å². The molecule has 1 aliphatic rings. The minimum atomic E-state index is -0.275. The summed E-state index contributed by atoms with van der Waals surface area (Å²) in [5.74, 6) is -0.439. The van der Waals surface area contributed by atoms with E-state index >= 15 is 0 Å². The number of carbonyl (C=O) groups is 3. The fourth-order valence-corrected chi connectivity index (χ4v) is 3.03. The number of amides is 3. The molecule has 8 nitrogen and oxygen atoms in total. The van der Waals surface area contributed by atoms with Gasteiger partial charge in [0, 0.05) is 25.6 Å². The van der Waals surface area contributed by atoms with Gasteiger partial charge in [0.25, 0.3) is 0 Å². The lowest BCUT2D eigenvalue weighted by atomic mass is 10.0. The van der Waals surface area contributed by atoms with Gasteiger partial charge >= 0.3 is 0 Å². The van der Waals surface area contributed by atoms with Crippen molar-refractivity contribution in [3.63, 3.8) is 0 Å². The van der Waals surface area contributed by atoms with Crippen molar-refractivity contribution in [3.05, 3.63) is 18.0 Å². The highest BCUT2D eigenvalue weighted by atomic mass is 16.2. The highest BCUT2D eigenvalue weighted by Gasteiger charge is 2.22. The summed E-state index contributed by atoms with van der Waals surface area (Å²) in [6.45, 7) is 2.40. The molecule has 1 atom stereocenters. The number of rotatable bonds is 7. The Labute approximate surface area is 148 Å². The Morgan fingerprint density at radius 1 is 1.44 bits per heavy atom. The van der Waals surface area contributed by atoms with Crippen molar-refractivity contribution >= 4 is 18.2 Å². The molecule has 140 valence electrons. The minimum Gasteiger partial charge on any atom is -0.372 e. The molecule has 1 aromatic rings. The van der Waals surface area contributed by atoms with E-state index in [0.717, 1.165) is 18.5 Å². The second kappa shape index (κ2) is 11.2. The molecule has 3 amide bonds. The zero-order chi connectivity index (χ0) is 18.7. The van der Waals surface area contributed by atoms with Gasteiger partial charge in [-0.3, -0.25) is 19.1 Å². The van der Waals surface area contributed by atoms with Crippen LogP contribution < -0.4 is 16.4 Å². The number of hydrogen-bond donors (Lipinski definition) is 3. The number of nitrogens with one attached hydrogen (secondary N) is 2. The topological polar surface area (TPSA) is 119 Å². The molecule has 8 heteroatoms. The third-order valence-corrected chi connectivity index (χ3v) is 4.44. The van der Waals surface area contributed by atoms with Gasteiger partial charge in [-0.05, 0) is 25.3 Å². The number of nitrogens with two attached hydrogens (primary N) is 1. The molecule has 25 heavy (non-hydrogen) atoms. The van der Waals surface area contributed by atoms with Crippen molar-refractivity contribution in [2.75, 3.05) is 7.05 Å². The second-order valence-corrected chi connectivity index (χ2v) is 6.04. The van der Waals surface area contributed by atoms with Gasteiger partial charge in [0.2, 0.25) is 18.2 Å². The summed E-state index contributed by atoms with van der Waals surface area (Å²) in [5.41, 5.74) is 5.20. The molecule has 2 rings (SSSR count). The lowest BCUT2D eigenvalue weighted by Gasteiger charge is -2.17. The maximum Gasteiger partial charge on any atom is 0.223 e. The summed E-state index contributed by atoms with van der Waals surface area (Å²) in [6.07, 6.45) is 7.76. The van der Waals surface area contributed by atoms with Crippen LogP contribution in [0.25, 0.3) is 0 Å². The van der Waals surface area contributed by atoms with Gasteiger partial charge in [0.15, 0.2) is 0 Å². The Hall–Kier alpha value is -2.38. The minimum absolute atomic E-state index is 0.0646. The Morgan fingerprint density at radius 2 is 2.08 bits per heavy atom. The number of aromatic nitrogens is 2. The predicted molar refractivity (Wildman–Crippen MR) is 94.3 cm³/mol. The van der Waals surface area contributed by atoms with Crippen LogP contribution in [0.4, 0.5) is 0 Å². The van der Waals surface area contributed by atoms with E-state index in [1.54, 1.807) is 13.2 Å². The van der Waals surface area contributed by atoms with Gasteiger partial charge < -0.3 is 16.4 Å². The molecule has 0 spiro atoms. The largest absolute Gasteiger partial charge is 0.372 e. The van der Waals surface area contributed by atoms with Crippen LogP contribution in [0.3, 0.4) is 0 Å². The average Bonchev–Trinajstić information content (AvgIpc) is 3.28. The van der Waals surface area contributed by atoms with E-state index in [1.165, 1.54) is 12.8 Å². The number of hydrogen-bond acceptors (Lipinski definition) is 4. The van der Waals surface area contributed by atoms with E-state index in [0.29, 0.717) is 19.0 Å². The van der Waals surface area contributed by atoms with Crippen molar-refractivity contribution in [2.24, 2.45) is 11.7 Å². The van der Waals surface area contributed by atoms with Crippen LogP contribution in [0.2, 0.25) is 0 Å². The lowest BCUT2D eigenvalue weighted by molar-refractivity contribution is -0.130. The fraction of sp³-hybridized carbons (Fsp3) is 0.647. The number of nitrogens with zero attached hydrogens (tertiary/aromatic N) is 2. The molecule has 0 aromatic carbocycles. The fourth-order valence-electron chi connectivity index (χ4n) is 3.03. The molecule has 1 saturated carbocycles. The predicted octanol–water partition coefficient (Wildman–Crippen LogP) is 0.878. The summed E-state index contributed by atoms with van der Waals surface area (Å²) in [7, 11) is 1.59. The first kappa shape index (κ1) is 20.7. The van der Waals surface area contributed by atoms with Crippen LogP contribution in [0, 0.1) is 5.92 Å². The second-order valence-electron chi connectivity index (χ2n) is 6.04. The monoisotopic (exact) mass is 351 g/mol. The van der Waals surface area contributed by atoms with Crippen LogP contribution in [-0.4, -0.2) is 35.1 Å². The van der Waals surface area contributed by atoms with E-state index in [1.807, 2.05) is 17.7 Å². The Kier molecular flexibility index (Phi) is 9.28. The van der Waals surface area contributed by atoms with Crippen LogP contribution in [0.15, 0.2) is 12.3 Å². The third kappa shape index (κ3) is 6.56. The van der Waals surface area contributed by atoms with E-state index in [9.17, 15) is 9.59 Å². The zero-order valence-corrected chi connectivity index (χ0v) is 15.0. The molecule has 1 fully saturated rings. The van der Waals surface area contributed by atoms with Crippen LogP contribution in [0.5, 0.6) is 0 Å². The SMILES string of the molecule is CCC(CC(=O)NC)C(=O)NCc1ccnn1C1CCCC1.NC=O. The number of primary amides is 1. The van der Waals surface area contributed by atoms with Crippen molar-refractivity contribution in [1.82, 2.24) is 20.4 Å². The highest BCUT2D eigenvalue weighted by Crippen LogP contribution is 2.29. The molecule has 0 radical (unpaired) electrons. The average molecular weight is 351 g/mol. The molecular formula is C17H29N5O3. The highest BCUT2D eigenvalue weighted by molar-refractivity contribution is 5.85. The van der Waals surface area contributed by atoms with Crippen molar-refractivity contribution in [3.8, 4) is 0 Å². The van der Waals surface area contributed by atoms with Crippen LogP contribution in [-0.2, 0) is 20.9 Å². The molecule has 0 saturated heterocycles. The maximum atomic E-state index is 12.2. The van der Waals surface area contributed by atoms with Crippen LogP contribution in [0.1, 0.15) is 57.2 Å². The Balaban J connectivity index is 0.000000970. The third-order valence-electron chi connectivity index (χ3n) is 4.44. The van der Waals surface area contributed by atoms with Crippen molar-refractivity contribution in [2.45, 2.75) is 58.0 Å². The van der Waals surface area contributed by atoms with E-state index in [2.05, 4.69) is 21.5 Å². The van der Waals surface area contributed by atoms with Gasteiger partial charge in [-0.1, -0.05) is 19.8 Å². The molecule has 0 bridgehead atoms. The Bertz CT molecular complexity index is 552. The van der Waals surface area contributed by atoms with Gasteiger partial charge in [0.05, 0.1) is 18.3 Å². The summed E-state index contributed by atoms with van der Waals surface area (Å²) < 4.78 is 2.05. The Morgan fingerprint density at radius 3 is 2.64 bits per heavy atom. The normalized spacial score (nSPS) is 15.0. The first-order valence-corrected chi connectivity index (χ1v) is 8.73. The first-order valence-electron chi connectivity index (χ1n) is 8.73. The van der Waals surface area contributed by atoms with Crippen molar-refractivity contribution < 1.29 is 14.4 Å². The molecule has 4 N–H and O–H groups in total. The lowest BCUT2D eigenvalue weighted by Crippen LogP contribution is -2.34. The summed E-state index contributed by atoms with van der Waals surface area (Å²) in [5, 5.41) is 9.92. The molecular weight excluding hydrogens is 322 g/mol. The molecule has 1 aromatic heterocycles. The van der Waals surface area contributed by atoms with E-state index in [-0.39, 0.29) is 30.6 Å². The quantitative estimate of drug-likeness (QED) is 0.632. The summed E-state index contributed by atoms with van der Waals surface area (Å²) >= 11 is 0. The standard InChI is InChI=1S/C16H26N4O2.CH3NO/c1-3-12(10-15(21)17-2)16(22)18-11-14-8-9-19-20(14)13-6-4-5-7-13;2-1-3/h8-9,12-13H,3-7,10-11H2,1-2H3,(H,17,21)(H,18,22);1H,(H2,2,3). The smallest absolute Gasteiger partial charge is 0.223 e. The van der Waals surface area contributed by atoms with Crippen LogP contribution >= 0.6 is 0 Å².